The topological polar surface area (TPSA) is 40.6 Å². The first-order chi connectivity index (χ1) is 16.0. The van der Waals surface area contributed by atoms with E-state index in [0.717, 1.165) is 43.8 Å². The van der Waals surface area contributed by atoms with Crippen LogP contribution in [0, 0.1) is 17.3 Å². The molecule has 2 amide bonds. The van der Waals surface area contributed by atoms with Crippen LogP contribution in [0.4, 0.5) is 0 Å². The molecule has 0 bridgehead atoms. The predicted molar refractivity (Wildman–Crippen MR) is 129 cm³/mol. The summed E-state index contributed by atoms with van der Waals surface area (Å²) in [5, 5.41) is 0.731. The van der Waals surface area contributed by atoms with Gasteiger partial charge in [-0.3, -0.25) is 9.59 Å². The van der Waals surface area contributed by atoms with Crippen LogP contribution in [0.5, 0.6) is 0 Å². The van der Waals surface area contributed by atoms with Gasteiger partial charge in [0.1, 0.15) is 0 Å². The van der Waals surface area contributed by atoms with Crippen molar-refractivity contribution in [1.29, 1.82) is 0 Å². The number of carbonyl (C=O) groups is 2. The van der Waals surface area contributed by atoms with Gasteiger partial charge < -0.3 is 9.80 Å². The summed E-state index contributed by atoms with van der Waals surface area (Å²) in [7, 11) is 0. The van der Waals surface area contributed by atoms with Crippen molar-refractivity contribution in [1.82, 2.24) is 9.80 Å². The minimum absolute atomic E-state index is 0.0807. The number of halogens is 1. The number of nitrogens with zero attached hydrogens (tertiary/aromatic N) is 2. The van der Waals surface area contributed by atoms with Gasteiger partial charge in [0, 0.05) is 37.1 Å². The zero-order valence-corrected chi connectivity index (χ0v) is 19.8. The summed E-state index contributed by atoms with van der Waals surface area (Å²) in [6.45, 7) is 3.00. The number of hydrogen-bond acceptors (Lipinski definition) is 2. The molecule has 172 valence electrons. The number of rotatable bonds is 4. The molecule has 2 aliphatic carbocycles. The maximum Gasteiger partial charge on any atom is 0.229 e. The van der Waals surface area contributed by atoms with E-state index in [1.165, 1.54) is 29.5 Å². The van der Waals surface area contributed by atoms with Gasteiger partial charge in [0.05, 0.1) is 5.41 Å². The second-order valence-corrected chi connectivity index (χ2v) is 11.1. The van der Waals surface area contributed by atoms with E-state index in [4.69, 9.17) is 11.6 Å². The van der Waals surface area contributed by atoms with E-state index in [0.29, 0.717) is 30.8 Å². The number of carbonyl (C=O) groups excluding carboxylic acids is 2. The molecule has 4 aliphatic rings. The van der Waals surface area contributed by atoms with E-state index in [9.17, 15) is 9.59 Å². The van der Waals surface area contributed by atoms with Gasteiger partial charge in [-0.25, -0.2) is 0 Å². The molecule has 2 aliphatic heterocycles. The Morgan fingerprint density at radius 1 is 1.00 bits per heavy atom. The molecule has 2 aromatic carbocycles. The highest BCUT2D eigenvalue weighted by atomic mass is 35.5. The summed E-state index contributed by atoms with van der Waals surface area (Å²) in [5.74, 6) is 1.66. The Labute approximate surface area is 200 Å². The molecule has 0 aromatic heterocycles. The molecule has 4 nitrogen and oxygen atoms in total. The lowest BCUT2D eigenvalue weighted by Crippen LogP contribution is -2.51. The molecule has 6 rings (SSSR count). The fourth-order valence-corrected chi connectivity index (χ4v) is 6.15. The molecule has 3 fully saturated rings. The third-order valence-corrected chi connectivity index (χ3v) is 8.61. The minimum Gasteiger partial charge on any atom is -0.342 e. The summed E-state index contributed by atoms with van der Waals surface area (Å²) < 4.78 is 0. The van der Waals surface area contributed by atoms with Gasteiger partial charge in [-0.1, -0.05) is 48.0 Å². The van der Waals surface area contributed by atoms with Gasteiger partial charge in [-0.15, -0.1) is 0 Å². The SMILES string of the molecule is O=C([C@@H]1C[C@@H]1c1ccc(Cl)cc1)N1CCC2(CC1)Cc1ccccc1CN(CC1CC1)C2=O. The Balaban J connectivity index is 1.16. The van der Waals surface area contributed by atoms with Crippen molar-refractivity contribution in [3.63, 3.8) is 0 Å². The number of piperidine rings is 1. The van der Waals surface area contributed by atoms with Crippen molar-refractivity contribution < 1.29 is 9.59 Å². The number of fused-ring (bicyclic) bond motifs is 1. The van der Waals surface area contributed by atoms with Gasteiger partial charge in [0.25, 0.3) is 0 Å². The van der Waals surface area contributed by atoms with Gasteiger partial charge >= 0.3 is 0 Å². The van der Waals surface area contributed by atoms with Gasteiger partial charge in [0.2, 0.25) is 11.8 Å². The third kappa shape index (κ3) is 4.07. The van der Waals surface area contributed by atoms with E-state index >= 15 is 0 Å². The summed E-state index contributed by atoms with van der Waals surface area (Å²) in [4.78, 5) is 31.3. The molecule has 2 saturated carbocycles. The highest BCUT2D eigenvalue weighted by Crippen LogP contribution is 2.50. The number of hydrogen-bond donors (Lipinski definition) is 0. The van der Waals surface area contributed by atoms with Crippen LogP contribution in [0.2, 0.25) is 5.02 Å². The largest absolute Gasteiger partial charge is 0.342 e. The van der Waals surface area contributed by atoms with Crippen molar-refractivity contribution in [3.05, 3.63) is 70.2 Å². The zero-order valence-electron chi connectivity index (χ0n) is 19.0. The number of benzene rings is 2. The van der Waals surface area contributed by atoms with E-state index in [-0.39, 0.29) is 17.2 Å². The molecule has 2 atom stereocenters. The first-order valence-electron chi connectivity index (χ1n) is 12.4. The molecule has 2 heterocycles. The summed E-state index contributed by atoms with van der Waals surface area (Å²) in [5.41, 5.74) is 3.45. The van der Waals surface area contributed by atoms with Crippen molar-refractivity contribution in [3.8, 4) is 0 Å². The highest BCUT2D eigenvalue weighted by molar-refractivity contribution is 6.30. The van der Waals surface area contributed by atoms with Crippen LogP contribution in [-0.4, -0.2) is 41.2 Å². The number of amides is 2. The second kappa shape index (κ2) is 8.16. The van der Waals surface area contributed by atoms with Gasteiger partial charge in [0.15, 0.2) is 0 Å². The zero-order chi connectivity index (χ0) is 22.6. The monoisotopic (exact) mass is 462 g/mol. The van der Waals surface area contributed by atoms with Crippen molar-refractivity contribution in [2.45, 2.75) is 51.0 Å². The van der Waals surface area contributed by atoms with Crippen LogP contribution >= 0.6 is 11.6 Å². The van der Waals surface area contributed by atoms with Crippen LogP contribution in [0.3, 0.4) is 0 Å². The molecule has 0 radical (unpaired) electrons. The molecular formula is C28H31ClN2O2. The highest BCUT2D eigenvalue weighted by Gasteiger charge is 2.50. The quantitative estimate of drug-likeness (QED) is 0.638. The predicted octanol–water partition coefficient (Wildman–Crippen LogP) is 5.05. The summed E-state index contributed by atoms with van der Waals surface area (Å²) >= 11 is 6.02. The van der Waals surface area contributed by atoms with Crippen LogP contribution < -0.4 is 0 Å². The molecule has 0 unspecified atom stereocenters. The fourth-order valence-electron chi connectivity index (χ4n) is 6.02. The second-order valence-electron chi connectivity index (χ2n) is 10.7. The lowest BCUT2D eigenvalue weighted by atomic mass is 9.72. The molecule has 2 aromatic rings. The van der Waals surface area contributed by atoms with E-state index < -0.39 is 0 Å². The molecule has 1 spiro atoms. The smallest absolute Gasteiger partial charge is 0.229 e. The third-order valence-electron chi connectivity index (χ3n) is 8.36. The van der Waals surface area contributed by atoms with Crippen molar-refractivity contribution >= 4 is 23.4 Å². The van der Waals surface area contributed by atoms with Crippen LogP contribution in [-0.2, 0) is 22.6 Å². The standard InChI is InChI=1S/C28H31ClN2O2/c29-23-9-7-20(8-10-23)24-15-25(24)26(32)30-13-11-28(12-14-30)16-21-3-1-2-4-22(21)18-31(27(28)33)17-19-5-6-19/h1-4,7-10,19,24-25H,5-6,11-18H2/t24-,25-/m1/s1. The van der Waals surface area contributed by atoms with Gasteiger partial charge in [-0.05, 0) is 79.2 Å². The molecule has 1 saturated heterocycles. The van der Waals surface area contributed by atoms with Gasteiger partial charge in [-0.2, -0.15) is 0 Å². The van der Waals surface area contributed by atoms with E-state index in [2.05, 4.69) is 29.2 Å². The Hall–Kier alpha value is -2.33. The lowest BCUT2D eigenvalue weighted by molar-refractivity contribution is -0.149. The molecule has 5 heteroatoms. The Morgan fingerprint density at radius 2 is 1.70 bits per heavy atom. The summed E-state index contributed by atoms with van der Waals surface area (Å²) in [6, 6.07) is 16.5. The molecule has 33 heavy (non-hydrogen) atoms. The average Bonchev–Trinajstić information content (AvgIpc) is 3.75. The van der Waals surface area contributed by atoms with Crippen LogP contribution in [0.1, 0.15) is 54.7 Å². The van der Waals surface area contributed by atoms with Crippen molar-refractivity contribution in [2.75, 3.05) is 19.6 Å². The Morgan fingerprint density at radius 3 is 2.39 bits per heavy atom. The maximum absolute atomic E-state index is 13.9. The molecular weight excluding hydrogens is 432 g/mol. The van der Waals surface area contributed by atoms with Crippen molar-refractivity contribution in [2.24, 2.45) is 17.3 Å². The Kier molecular flexibility index (Phi) is 5.25. The normalized spacial score (nSPS) is 26.2. The minimum atomic E-state index is -0.364. The average molecular weight is 463 g/mol. The number of likely N-dealkylation sites (tertiary alicyclic amines) is 1. The van der Waals surface area contributed by atoms with E-state index in [1.807, 2.05) is 29.2 Å². The molecule has 0 N–H and O–H groups in total. The maximum atomic E-state index is 13.9. The summed E-state index contributed by atoms with van der Waals surface area (Å²) in [6.07, 6.45) is 5.76. The van der Waals surface area contributed by atoms with E-state index in [1.54, 1.807) is 0 Å². The first-order valence-corrected chi connectivity index (χ1v) is 12.8. The first kappa shape index (κ1) is 21.2. The fraction of sp³-hybridized carbons (Fsp3) is 0.500. The van der Waals surface area contributed by atoms with Crippen LogP contribution in [0.15, 0.2) is 48.5 Å². The van der Waals surface area contributed by atoms with Crippen LogP contribution in [0.25, 0.3) is 0 Å². The lowest BCUT2D eigenvalue weighted by Gasteiger charge is -2.42. The Bertz CT molecular complexity index is 1070.